The Balaban J connectivity index is 1.33. The second kappa shape index (κ2) is 8.58. The largest absolute Gasteiger partial charge is 0.395 e. The van der Waals surface area contributed by atoms with Crippen LogP contribution in [0.5, 0.6) is 0 Å². The fourth-order valence-corrected chi connectivity index (χ4v) is 5.79. The molecule has 1 aromatic rings. The maximum Gasteiger partial charge on any atom is 0.225 e. The predicted octanol–water partition coefficient (Wildman–Crippen LogP) is 2.50. The van der Waals surface area contributed by atoms with E-state index in [0.29, 0.717) is 5.91 Å². The molecule has 2 aliphatic carbocycles. The number of carbonyl (C=O) groups excluding carboxylic acids is 1. The molecule has 0 radical (unpaired) electrons. The quantitative estimate of drug-likeness (QED) is 0.735. The predicted molar refractivity (Wildman–Crippen MR) is 119 cm³/mol. The standard InChI is InChI=1S/C26H34N2O3/c29-18-23-24(20-7-5-19(6-8-20)11-14-26(31)12-1-2-13-26)22-17-27(25(30)21-9-10-21)15-3-4-16-28(22)23/h5-8,21-24,29,31H,1-4,9-10,12-13,15-18H2/t22-,23+,24-/m0/s1. The molecular formula is C26H34N2O3. The van der Waals surface area contributed by atoms with Crippen molar-refractivity contribution in [1.29, 1.82) is 0 Å². The molecule has 2 saturated carbocycles. The van der Waals surface area contributed by atoms with E-state index in [9.17, 15) is 15.0 Å². The number of hydrogen-bond acceptors (Lipinski definition) is 4. The van der Waals surface area contributed by atoms with Crippen molar-refractivity contribution in [2.75, 3.05) is 26.2 Å². The molecule has 3 atom stereocenters. The highest BCUT2D eigenvalue weighted by molar-refractivity contribution is 5.81. The van der Waals surface area contributed by atoms with Crippen LogP contribution in [0.4, 0.5) is 0 Å². The van der Waals surface area contributed by atoms with Gasteiger partial charge in [0.25, 0.3) is 0 Å². The maximum absolute atomic E-state index is 12.8. The van der Waals surface area contributed by atoms with E-state index in [4.69, 9.17) is 0 Å². The van der Waals surface area contributed by atoms with Gasteiger partial charge in [-0.1, -0.05) is 24.0 Å². The van der Waals surface area contributed by atoms with Crippen LogP contribution >= 0.6 is 0 Å². The number of aliphatic hydroxyl groups excluding tert-OH is 1. The Morgan fingerprint density at radius 3 is 2.45 bits per heavy atom. The first kappa shape index (κ1) is 21.0. The second-order valence-corrected chi connectivity index (χ2v) is 9.96. The zero-order valence-electron chi connectivity index (χ0n) is 18.3. The Bertz CT molecular complexity index is 861. The van der Waals surface area contributed by atoms with Crippen molar-refractivity contribution in [2.45, 2.75) is 75.0 Å². The molecule has 31 heavy (non-hydrogen) atoms. The molecule has 5 nitrogen and oxygen atoms in total. The Hall–Kier alpha value is -1.87. The molecule has 5 heteroatoms. The van der Waals surface area contributed by atoms with E-state index < -0.39 is 5.60 Å². The van der Waals surface area contributed by atoms with Crippen LogP contribution in [-0.2, 0) is 4.79 Å². The van der Waals surface area contributed by atoms with Gasteiger partial charge < -0.3 is 15.1 Å². The van der Waals surface area contributed by atoms with E-state index >= 15 is 0 Å². The SMILES string of the molecule is O=C(C1CC1)N1CCCCN2[C@H](CO)[C@@H](c3ccc(C#CC4(O)CCCC4)cc3)[C@@H]2C1. The fraction of sp³-hybridized carbons (Fsp3) is 0.654. The average molecular weight is 423 g/mol. The third-order valence-electron chi connectivity index (χ3n) is 7.77. The van der Waals surface area contributed by atoms with Crippen molar-refractivity contribution in [1.82, 2.24) is 9.80 Å². The topological polar surface area (TPSA) is 64.0 Å². The van der Waals surface area contributed by atoms with Crippen LogP contribution < -0.4 is 0 Å². The summed E-state index contributed by atoms with van der Waals surface area (Å²) in [7, 11) is 0. The van der Waals surface area contributed by atoms with Crippen molar-refractivity contribution in [3.8, 4) is 11.8 Å². The van der Waals surface area contributed by atoms with Gasteiger partial charge in [-0.15, -0.1) is 0 Å². The molecular weight excluding hydrogens is 388 g/mol. The summed E-state index contributed by atoms with van der Waals surface area (Å²) in [5.74, 6) is 7.07. The Morgan fingerprint density at radius 2 is 1.77 bits per heavy atom. The van der Waals surface area contributed by atoms with E-state index in [2.05, 4.69) is 33.8 Å². The molecule has 0 unspecified atom stereocenters. The summed E-state index contributed by atoms with van der Waals surface area (Å²) in [5, 5.41) is 20.6. The van der Waals surface area contributed by atoms with E-state index in [0.717, 1.165) is 76.6 Å². The van der Waals surface area contributed by atoms with Crippen molar-refractivity contribution in [3.63, 3.8) is 0 Å². The zero-order chi connectivity index (χ0) is 21.4. The van der Waals surface area contributed by atoms with E-state index in [1.165, 1.54) is 5.56 Å². The third kappa shape index (κ3) is 4.26. The number of amides is 1. The van der Waals surface area contributed by atoms with Gasteiger partial charge >= 0.3 is 0 Å². The van der Waals surface area contributed by atoms with Crippen LogP contribution in [0.25, 0.3) is 0 Å². The van der Waals surface area contributed by atoms with Crippen LogP contribution in [0.1, 0.15) is 68.4 Å². The highest BCUT2D eigenvalue weighted by Gasteiger charge is 2.50. The summed E-state index contributed by atoms with van der Waals surface area (Å²) >= 11 is 0. The summed E-state index contributed by atoms with van der Waals surface area (Å²) in [4.78, 5) is 17.3. The van der Waals surface area contributed by atoms with Gasteiger partial charge in [0.1, 0.15) is 5.60 Å². The Morgan fingerprint density at radius 1 is 1.06 bits per heavy atom. The van der Waals surface area contributed by atoms with E-state index in [-0.39, 0.29) is 30.5 Å². The number of aliphatic hydroxyl groups is 2. The molecule has 2 saturated heterocycles. The molecule has 5 rings (SSSR count). The lowest BCUT2D eigenvalue weighted by molar-refractivity contribution is -0.137. The van der Waals surface area contributed by atoms with Gasteiger partial charge in [0.15, 0.2) is 0 Å². The van der Waals surface area contributed by atoms with Crippen LogP contribution in [-0.4, -0.2) is 69.8 Å². The number of nitrogens with zero attached hydrogens (tertiary/aromatic N) is 2. The van der Waals surface area contributed by atoms with Gasteiger partial charge in [0, 0.05) is 42.6 Å². The number of hydrogen-bond donors (Lipinski definition) is 2. The molecule has 4 aliphatic rings. The highest BCUT2D eigenvalue weighted by Crippen LogP contribution is 2.42. The van der Waals surface area contributed by atoms with E-state index in [1.807, 2.05) is 12.1 Å². The minimum atomic E-state index is -0.814. The Labute approximate surface area is 185 Å². The van der Waals surface area contributed by atoms with Gasteiger partial charge in [0.05, 0.1) is 6.61 Å². The van der Waals surface area contributed by atoms with Crippen LogP contribution in [0.15, 0.2) is 24.3 Å². The lowest BCUT2D eigenvalue weighted by Crippen LogP contribution is -2.68. The number of fused-ring (bicyclic) bond motifs is 1. The van der Waals surface area contributed by atoms with Crippen LogP contribution in [0.3, 0.4) is 0 Å². The minimum Gasteiger partial charge on any atom is -0.395 e. The van der Waals surface area contributed by atoms with Crippen LogP contribution in [0, 0.1) is 17.8 Å². The smallest absolute Gasteiger partial charge is 0.225 e. The van der Waals surface area contributed by atoms with Gasteiger partial charge in [-0.3, -0.25) is 9.69 Å². The monoisotopic (exact) mass is 422 g/mol. The average Bonchev–Trinajstić information content (AvgIpc) is 3.52. The van der Waals surface area contributed by atoms with Crippen molar-refractivity contribution in [2.24, 2.45) is 5.92 Å². The van der Waals surface area contributed by atoms with Crippen molar-refractivity contribution >= 4 is 5.91 Å². The van der Waals surface area contributed by atoms with Crippen molar-refractivity contribution in [3.05, 3.63) is 35.4 Å². The van der Waals surface area contributed by atoms with Gasteiger partial charge in [-0.2, -0.15) is 0 Å². The molecule has 2 aliphatic heterocycles. The summed E-state index contributed by atoms with van der Waals surface area (Å²) in [6, 6.07) is 8.72. The fourth-order valence-electron chi connectivity index (χ4n) is 5.79. The molecule has 166 valence electrons. The molecule has 2 heterocycles. The first-order chi connectivity index (χ1) is 15.1. The van der Waals surface area contributed by atoms with Crippen LogP contribution in [0.2, 0.25) is 0 Å². The number of carbonyl (C=O) groups is 1. The van der Waals surface area contributed by atoms with Crippen molar-refractivity contribution < 1.29 is 15.0 Å². The molecule has 0 spiro atoms. The molecule has 0 bridgehead atoms. The molecule has 0 aromatic heterocycles. The summed E-state index contributed by atoms with van der Waals surface area (Å²) < 4.78 is 0. The van der Waals surface area contributed by atoms with E-state index in [1.54, 1.807) is 0 Å². The lowest BCUT2D eigenvalue weighted by Gasteiger charge is -2.57. The highest BCUT2D eigenvalue weighted by atomic mass is 16.3. The number of benzene rings is 1. The third-order valence-corrected chi connectivity index (χ3v) is 7.77. The summed E-state index contributed by atoms with van der Waals surface area (Å²) in [6.07, 6.45) is 7.85. The second-order valence-electron chi connectivity index (χ2n) is 9.96. The van der Waals surface area contributed by atoms with Gasteiger partial charge in [-0.05, 0) is 75.6 Å². The molecule has 2 N–H and O–H groups in total. The molecule has 4 fully saturated rings. The lowest BCUT2D eigenvalue weighted by atomic mass is 9.74. The first-order valence-electron chi connectivity index (χ1n) is 12.1. The maximum atomic E-state index is 12.8. The first-order valence-corrected chi connectivity index (χ1v) is 12.1. The summed E-state index contributed by atoms with van der Waals surface area (Å²) in [6.45, 7) is 2.78. The van der Waals surface area contributed by atoms with Gasteiger partial charge in [-0.25, -0.2) is 0 Å². The Kier molecular flexibility index (Phi) is 5.81. The molecule has 1 amide bonds. The summed E-state index contributed by atoms with van der Waals surface area (Å²) in [5.41, 5.74) is 1.32. The van der Waals surface area contributed by atoms with Gasteiger partial charge in [0.2, 0.25) is 5.91 Å². The zero-order valence-corrected chi connectivity index (χ0v) is 18.3. The number of rotatable bonds is 3. The molecule has 1 aromatic carbocycles. The minimum absolute atomic E-state index is 0.122. The normalized spacial score (nSPS) is 30.4.